The van der Waals surface area contributed by atoms with Crippen LogP contribution in [0.1, 0.15) is 29.0 Å². The van der Waals surface area contributed by atoms with Gasteiger partial charge in [0.2, 0.25) is 5.78 Å². The van der Waals surface area contributed by atoms with Crippen LogP contribution in [0.3, 0.4) is 0 Å². The number of hydrogen-bond donors (Lipinski definition) is 0. The lowest BCUT2D eigenvalue weighted by atomic mass is 9.70. The van der Waals surface area contributed by atoms with Gasteiger partial charge >= 0.3 is 5.97 Å². The summed E-state index contributed by atoms with van der Waals surface area (Å²) in [6.07, 6.45) is 4.41. The Morgan fingerprint density at radius 2 is 2.47 bits per heavy atom. The summed E-state index contributed by atoms with van der Waals surface area (Å²) in [5.74, 6) is -0.525. The van der Waals surface area contributed by atoms with Crippen molar-refractivity contribution in [2.24, 2.45) is 5.41 Å². The third-order valence-electron chi connectivity index (χ3n) is 3.28. The fourth-order valence-electron chi connectivity index (χ4n) is 2.33. The van der Waals surface area contributed by atoms with Crippen LogP contribution in [0.25, 0.3) is 0 Å². The molecule has 0 saturated heterocycles. The molecule has 0 saturated carbocycles. The quantitative estimate of drug-likeness (QED) is 0.457. The fraction of sp³-hybridized carbons (Fsp3) is 0.385. The average Bonchev–Trinajstić information content (AvgIpc) is 2.81. The number of fused-ring (bicyclic) bond motifs is 1. The Morgan fingerprint density at radius 1 is 1.71 bits per heavy atom. The van der Waals surface area contributed by atoms with Crippen LogP contribution in [0.15, 0.2) is 29.4 Å². The van der Waals surface area contributed by atoms with E-state index in [9.17, 15) is 9.59 Å². The highest BCUT2D eigenvalue weighted by Crippen LogP contribution is 2.40. The maximum absolute atomic E-state index is 12.3. The molecule has 1 atom stereocenters. The van der Waals surface area contributed by atoms with Gasteiger partial charge in [0.25, 0.3) is 0 Å². The Hall–Kier alpha value is -1.84. The zero-order valence-electron chi connectivity index (χ0n) is 9.69. The first-order valence-corrected chi connectivity index (χ1v) is 5.46. The number of Topliss-reactive ketones (excluding diaryl/α,β-unsaturated/α-hetero) is 1. The number of methoxy groups -OCH3 is 1. The molecule has 1 aromatic rings. The summed E-state index contributed by atoms with van der Waals surface area (Å²) >= 11 is 0. The first-order valence-electron chi connectivity index (χ1n) is 5.46. The maximum atomic E-state index is 12.3. The summed E-state index contributed by atoms with van der Waals surface area (Å²) in [6.45, 7) is 3.60. The van der Waals surface area contributed by atoms with Crippen molar-refractivity contribution in [3.05, 3.63) is 36.3 Å². The van der Waals surface area contributed by atoms with E-state index in [2.05, 4.69) is 6.58 Å². The molecule has 1 unspecified atom stereocenters. The van der Waals surface area contributed by atoms with Crippen LogP contribution in [-0.4, -0.2) is 18.9 Å². The monoisotopic (exact) mass is 234 g/mol. The van der Waals surface area contributed by atoms with Crippen molar-refractivity contribution in [1.82, 2.24) is 0 Å². The smallest absolute Gasteiger partial charge is 0.320 e. The second-order valence-electron chi connectivity index (χ2n) is 4.17. The van der Waals surface area contributed by atoms with Crippen molar-refractivity contribution in [1.29, 1.82) is 0 Å². The summed E-state index contributed by atoms with van der Waals surface area (Å²) in [4.78, 5) is 24.2. The molecular formula is C13H14O4. The highest BCUT2D eigenvalue weighted by Gasteiger charge is 2.50. The largest absolute Gasteiger partial charge is 0.468 e. The minimum atomic E-state index is -1.15. The highest BCUT2D eigenvalue weighted by molar-refractivity contribution is 6.12. The number of hydrogen-bond acceptors (Lipinski definition) is 4. The van der Waals surface area contributed by atoms with E-state index >= 15 is 0 Å². The van der Waals surface area contributed by atoms with Gasteiger partial charge < -0.3 is 9.15 Å². The van der Waals surface area contributed by atoms with Gasteiger partial charge in [-0.2, -0.15) is 0 Å². The van der Waals surface area contributed by atoms with Crippen molar-refractivity contribution in [3.63, 3.8) is 0 Å². The number of ketones is 1. The molecule has 1 heterocycles. The normalized spacial score (nSPS) is 23.0. The third kappa shape index (κ3) is 1.60. The summed E-state index contributed by atoms with van der Waals surface area (Å²) < 4.78 is 9.93. The van der Waals surface area contributed by atoms with Crippen LogP contribution in [0, 0.1) is 5.41 Å². The number of esters is 1. The predicted molar refractivity (Wildman–Crippen MR) is 60.6 cm³/mol. The molecule has 1 aromatic heterocycles. The first-order chi connectivity index (χ1) is 8.15. The molecule has 0 amide bonds. The second kappa shape index (κ2) is 4.20. The van der Waals surface area contributed by atoms with E-state index in [4.69, 9.17) is 9.15 Å². The molecule has 0 spiro atoms. The number of allylic oxidation sites excluding steroid dienone is 1. The zero-order chi connectivity index (χ0) is 12.5. The van der Waals surface area contributed by atoms with Gasteiger partial charge in [-0.15, -0.1) is 6.58 Å². The van der Waals surface area contributed by atoms with Gasteiger partial charge in [0.05, 0.1) is 13.4 Å². The van der Waals surface area contributed by atoms with Gasteiger partial charge in [0.1, 0.15) is 5.41 Å². The van der Waals surface area contributed by atoms with E-state index in [0.29, 0.717) is 12.8 Å². The molecular weight excluding hydrogens is 220 g/mol. The van der Waals surface area contributed by atoms with Gasteiger partial charge in [-0.3, -0.25) is 9.59 Å². The van der Waals surface area contributed by atoms with E-state index in [0.717, 1.165) is 5.56 Å². The highest BCUT2D eigenvalue weighted by atomic mass is 16.5. The maximum Gasteiger partial charge on any atom is 0.320 e. The second-order valence-corrected chi connectivity index (χ2v) is 4.17. The van der Waals surface area contributed by atoms with Gasteiger partial charge in [0, 0.05) is 5.56 Å². The van der Waals surface area contributed by atoms with Gasteiger partial charge in [-0.25, -0.2) is 0 Å². The molecule has 2 rings (SSSR count). The van der Waals surface area contributed by atoms with Crippen molar-refractivity contribution >= 4 is 11.8 Å². The predicted octanol–water partition coefficient (Wildman–Crippen LogP) is 2.14. The van der Waals surface area contributed by atoms with Crippen LogP contribution in [0.4, 0.5) is 0 Å². The van der Waals surface area contributed by atoms with Crippen molar-refractivity contribution in [2.75, 3.05) is 7.11 Å². The zero-order valence-corrected chi connectivity index (χ0v) is 9.69. The molecule has 4 nitrogen and oxygen atoms in total. The standard InChI is InChI=1S/C13H14O4/c1-3-6-13(12(15)16-2)7-4-9-5-8-17-10(9)11(13)14/h3,5,8H,1,4,6-7H2,2H3. The molecule has 0 bridgehead atoms. The van der Waals surface area contributed by atoms with E-state index < -0.39 is 11.4 Å². The number of rotatable bonds is 3. The van der Waals surface area contributed by atoms with Crippen LogP contribution in [0.5, 0.6) is 0 Å². The Kier molecular flexibility index (Phi) is 2.88. The minimum absolute atomic E-state index is 0.276. The van der Waals surface area contributed by atoms with Crippen molar-refractivity contribution < 1.29 is 18.7 Å². The molecule has 0 radical (unpaired) electrons. The van der Waals surface area contributed by atoms with E-state index in [1.165, 1.54) is 13.4 Å². The molecule has 0 aliphatic heterocycles. The van der Waals surface area contributed by atoms with Gasteiger partial charge in [-0.05, 0) is 25.3 Å². The van der Waals surface area contributed by atoms with Crippen molar-refractivity contribution in [3.8, 4) is 0 Å². The molecule has 0 aromatic carbocycles. The average molecular weight is 234 g/mol. The Balaban J connectivity index is 2.46. The van der Waals surface area contributed by atoms with Crippen LogP contribution < -0.4 is 0 Å². The van der Waals surface area contributed by atoms with E-state index in [1.807, 2.05) is 0 Å². The summed E-state index contributed by atoms with van der Waals surface area (Å²) in [5.41, 5.74) is -0.292. The number of carbonyl (C=O) groups is 2. The fourth-order valence-corrected chi connectivity index (χ4v) is 2.33. The SMILES string of the molecule is C=CCC1(C(=O)OC)CCc2ccoc2C1=O. The lowest BCUT2D eigenvalue weighted by Crippen LogP contribution is -2.43. The third-order valence-corrected chi connectivity index (χ3v) is 3.28. The number of aryl methyl sites for hydroxylation is 1. The number of carbonyl (C=O) groups excluding carboxylic acids is 2. The van der Waals surface area contributed by atoms with Crippen LogP contribution in [-0.2, 0) is 16.0 Å². The van der Waals surface area contributed by atoms with Crippen molar-refractivity contribution in [2.45, 2.75) is 19.3 Å². The van der Waals surface area contributed by atoms with E-state index in [1.54, 1.807) is 12.1 Å². The number of ether oxygens (including phenoxy) is 1. The molecule has 1 aliphatic rings. The number of furan rings is 1. The molecule has 90 valence electrons. The van der Waals surface area contributed by atoms with E-state index in [-0.39, 0.29) is 18.0 Å². The Labute approximate surface area is 99.3 Å². The molecule has 4 heteroatoms. The topological polar surface area (TPSA) is 56.5 Å². The summed E-state index contributed by atoms with van der Waals surface area (Å²) in [5, 5.41) is 0. The summed E-state index contributed by atoms with van der Waals surface area (Å²) in [6, 6.07) is 1.77. The lowest BCUT2D eigenvalue weighted by Gasteiger charge is -2.30. The minimum Gasteiger partial charge on any atom is -0.468 e. The Morgan fingerprint density at radius 3 is 3.12 bits per heavy atom. The molecule has 17 heavy (non-hydrogen) atoms. The molecule has 0 N–H and O–H groups in total. The van der Waals surface area contributed by atoms with Crippen LogP contribution >= 0.6 is 0 Å². The molecule has 0 fully saturated rings. The van der Waals surface area contributed by atoms with Gasteiger partial charge in [-0.1, -0.05) is 6.08 Å². The first kappa shape index (κ1) is 11.6. The Bertz CT molecular complexity index is 472. The van der Waals surface area contributed by atoms with Gasteiger partial charge in [0.15, 0.2) is 5.76 Å². The summed E-state index contributed by atoms with van der Waals surface area (Å²) in [7, 11) is 1.29. The lowest BCUT2D eigenvalue weighted by molar-refractivity contribution is -0.150. The van der Waals surface area contributed by atoms with Crippen LogP contribution in [0.2, 0.25) is 0 Å². The molecule has 1 aliphatic carbocycles.